The lowest BCUT2D eigenvalue weighted by Crippen LogP contribution is -2.45. The third-order valence-corrected chi connectivity index (χ3v) is 3.68. The average Bonchev–Trinajstić information content (AvgIpc) is 2.55. The van der Waals surface area contributed by atoms with Crippen molar-refractivity contribution in [3.63, 3.8) is 0 Å². The predicted molar refractivity (Wildman–Crippen MR) is 60.8 cm³/mol. The molecule has 0 saturated carbocycles. The Hall–Kier alpha value is -0.960. The van der Waals surface area contributed by atoms with E-state index in [1.807, 2.05) is 0 Å². The van der Waals surface area contributed by atoms with Gasteiger partial charge >= 0.3 is 5.69 Å². The van der Waals surface area contributed by atoms with E-state index in [0.717, 1.165) is 10.6 Å². The monoisotopic (exact) mass is 306 g/mol. The van der Waals surface area contributed by atoms with Crippen LogP contribution in [0.15, 0.2) is 21.9 Å². The Balaban J connectivity index is 2.45. The Morgan fingerprint density at radius 2 is 2.35 bits per heavy atom. The highest BCUT2D eigenvalue weighted by molar-refractivity contribution is 9.09. The van der Waals surface area contributed by atoms with Crippen molar-refractivity contribution >= 4 is 15.9 Å². The second kappa shape index (κ2) is 4.37. The van der Waals surface area contributed by atoms with Gasteiger partial charge in [-0.3, -0.25) is 14.3 Å². The van der Waals surface area contributed by atoms with Crippen molar-refractivity contribution in [3.05, 3.63) is 33.1 Å². The highest BCUT2D eigenvalue weighted by Gasteiger charge is 2.48. The van der Waals surface area contributed by atoms with Gasteiger partial charge in [-0.25, -0.2) is 4.79 Å². The Morgan fingerprint density at radius 3 is 2.88 bits per heavy atom. The molecule has 0 aliphatic carbocycles. The second-order valence-corrected chi connectivity index (χ2v) is 4.90. The van der Waals surface area contributed by atoms with Crippen molar-refractivity contribution in [2.45, 2.75) is 23.3 Å². The molecule has 0 unspecified atom stereocenters. The second-order valence-electron chi connectivity index (χ2n) is 3.76. The molecule has 1 aromatic rings. The van der Waals surface area contributed by atoms with Gasteiger partial charge in [0.05, 0.1) is 12.7 Å². The Bertz CT molecular complexity index is 527. The van der Waals surface area contributed by atoms with Crippen LogP contribution in [0.5, 0.6) is 0 Å². The van der Waals surface area contributed by atoms with Crippen molar-refractivity contribution < 1.29 is 14.9 Å². The standard InChI is InChI=1S/C9H11BrN2O5/c10-9(6(14)3-5(4-13)17-9)12-2-1-7(15)11-8(12)16/h1-2,5-6,13-14H,3-4H2,(H,11,15,16)/t5-,6+,9-/m0/s1. The topological polar surface area (TPSA) is 105 Å². The van der Waals surface area contributed by atoms with E-state index in [2.05, 4.69) is 20.9 Å². The van der Waals surface area contributed by atoms with Gasteiger partial charge in [-0.05, 0) is 15.9 Å². The molecule has 0 radical (unpaired) electrons. The molecule has 7 nitrogen and oxygen atoms in total. The van der Waals surface area contributed by atoms with Crippen LogP contribution in [0.25, 0.3) is 0 Å². The summed E-state index contributed by atoms with van der Waals surface area (Å²) in [7, 11) is 0. The highest BCUT2D eigenvalue weighted by Crippen LogP contribution is 2.39. The van der Waals surface area contributed by atoms with E-state index in [-0.39, 0.29) is 13.0 Å². The number of hydrogen-bond acceptors (Lipinski definition) is 5. The average molecular weight is 307 g/mol. The first kappa shape index (κ1) is 12.5. The third-order valence-electron chi connectivity index (χ3n) is 2.59. The summed E-state index contributed by atoms with van der Waals surface area (Å²) in [6, 6.07) is 1.15. The molecule has 1 aromatic heterocycles. The summed E-state index contributed by atoms with van der Waals surface area (Å²) in [6.07, 6.45) is -0.168. The van der Waals surface area contributed by atoms with Crippen LogP contribution in [0.2, 0.25) is 0 Å². The Kier molecular flexibility index (Phi) is 3.21. The SMILES string of the molecule is O=c1ccn([C@]2(Br)O[C@H](CO)C[C@H]2O)c(=O)[nH]1. The van der Waals surface area contributed by atoms with E-state index in [4.69, 9.17) is 9.84 Å². The fourth-order valence-corrected chi connectivity index (χ4v) is 2.47. The maximum absolute atomic E-state index is 11.6. The molecule has 0 aromatic carbocycles. The molecule has 1 aliphatic rings. The summed E-state index contributed by atoms with van der Waals surface area (Å²) in [5, 5.41) is 18.8. The van der Waals surface area contributed by atoms with Crippen molar-refractivity contribution in [2.24, 2.45) is 0 Å². The number of nitrogens with one attached hydrogen (secondary N) is 1. The first-order valence-corrected chi connectivity index (χ1v) is 5.75. The number of ether oxygens (including phenoxy) is 1. The lowest BCUT2D eigenvalue weighted by atomic mass is 10.2. The number of aliphatic hydroxyl groups excluding tert-OH is 2. The van der Waals surface area contributed by atoms with Gasteiger partial charge in [-0.2, -0.15) is 0 Å². The first-order valence-electron chi connectivity index (χ1n) is 4.95. The number of nitrogens with zero attached hydrogens (tertiary/aromatic N) is 1. The summed E-state index contributed by atoms with van der Waals surface area (Å²) < 4.78 is 4.95. The minimum absolute atomic E-state index is 0.188. The fourth-order valence-electron chi connectivity index (χ4n) is 1.74. The van der Waals surface area contributed by atoms with Crippen molar-refractivity contribution in [3.8, 4) is 0 Å². The molecule has 1 saturated heterocycles. The number of alkyl halides is 1. The van der Waals surface area contributed by atoms with Gasteiger partial charge in [0.25, 0.3) is 5.56 Å². The van der Waals surface area contributed by atoms with E-state index < -0.39 is 28.1 Å². The van der Waals surface area contributed by atoms with Gasteiger partial charge in [-0.15, -0.1) is 0 Å². The van der Waals surface area contributed by atoms with E-state index in [1.54, 1.807) is 0 Å². The zero-order valence-electron chi connectivity index (χ0n) is 8.67. The van der Waals surface area contributed by atoms with Gasteiger partial charge in [0.1, 0.15) is 6.10 Å². The van der Waals surface area contributed by atoms with Crippen LogP contribution in [0, 0.1) is 0 Å². The quantitative estimate of drug-likeness (QED) is 0.588. The molecule has 8 heteroatoms. The minimum atomic E-state index is -1.46. The smallest absolute Gasteiger partial charge is 0.331 e. The van der Waals surface area contributed by atoms with Crippen molar-refractivity contribution in [1.82, 2.24) is 9.55 Å². The number of rotatable bonds is 2. The maximum Gasteiger partial charge on any atom is 0.331 e. The normalized spacial score (nSPS) is 32.9. The highest BCUT2D eigenvalue weighted by atomic mass is 79.9. The van der Waals surface area contributed by atoms with Gasteiger partial charge in [-0.1, -0.05) is 0 Å². The van der Waals surface area contributed by atoms with Crippen LogP contribution in [-0.4, -0.2) is 38.6 Å². The molecule has 1 fully saturated rings. The molecular formula is C9H11BrN2O5. The molecule has 2 rings (SSSR count). The minimum Gasteiger partial charge on any atom is -0.394 e. The summed E-state index contributed by atoms with van der Waals surface area (Å²) in [6.45, 7) is -0.261. The van der Waals surface area contributed by atoms with Gasteiger partial charge < -0.3 is 14.9 Å². The molecule has 2 heterocycles. The summed E-state index contributed by atoms with van der Waals surface area (Å²) >= 11 is 3.13. The summed E-state index contributed by atoms with van der Waals surface area (Å²) in [5.41, 5.74) is -1.24. The molecule has 1 aliphatic heterocycles. The summed E-state index contributed by atoms with van der Waals surface area (Å²) in [5.74, 6) is 0. The van der Waals surface area contributed by atoms with E-state index in [1.165, 1.54) is 6.20 Å². The number of aromatic amines is 1. The van der Waals surface area contributed by atoms with Crippen LogP contribution < -0.4 is 11.2 Å². The maximum atomic E-state index is 11.6. The molecule has 94 valence electrons. The van der Waals surface area contributed by atoms with E-state index in [9.17, 15) is 14.7 Å². The van der Waals surface area contributed by atoms with Crippen LogP contribution in [0.4, 0.5) is 0 Å². The fraction of sp³-hybridized carbons (Fsp3) is 0.556. The lowest BCUT2D eigenvalue weighted by Gasteiger charge is -2.27. The van der Waals surface area contributed by atoms with Crippen LogP contribution in [-0.2, 0) is 9.37 Å². The molecule has 0 amide bonds. The molecule has 3 N–H and O–H groups in total. The zero-order chi connectivity index (χ0) is 12.6. The van der Waals surface area contributed by atoms with Gasteiger partial charge in [0.2, 0.25) is 4.63 Å². The lowest BCUT2D eigenvalue weighted by molar-refractivity contribution is -0.0760. The number of aromatic nitrogens is 2. The Morgan fingerprint density at radius 1 is 1.65 bits per heavy atom. The molecule has 17 heavy (non-hydrogen) atoms. The van der Waals surface area contributed by atoms with Crippen molar-refractivity contribution in [2.75, 3.05) is 6.61 Å². The first-order chi connectivity index (χ1) is 7.97. The van der Waals surface area contributed by atoms with Gasteiger partial charge in [0, 0.05) is 18.7 Å². The van der Waals surface area contributed by atoms with Crippen LogP contribution in [0.1, 0.15) is 6.42 Å². The number of aliphatic hydroxyl groups is 2. The molecule has 0 bridgehead atoms. The van der Waals surface area contributed by atoms with E-state index >= 15 is 0 Å². The molecular weight excluding hydrogens is 296 g/mol. The van der Waals surface area contributed by atoms with Gasteiger partial charge in [0.15, 0.2) is 0 Å². The largest absolute Gasteiger partial charge is 0.394 e. The number of halogens is 1. The Labute approximate surface area is 104 Å². The molecule has 3 atom stereocenters. The molecule has 0 spiro atoms. The predicted octanol–water partition coefficient (Wildman–Crippen LogP) is -1.32. The van der Waals surface area contributed by atoms with Crippen LogP contribution in [0.3, 0.4) is 0 Å². The number of H-pyrrole nitrogens is 1. The van der Waals surface area contributed by atoms with Crippen molar-refractivity contribution in [1.29, 1.82) is 0 Å². The summed E-state index contributed by atoms with van der Waals surface area (Å²) in [4.78, 5) is 24.6. The third kappa shape index (κ3) is 2.08. The number of hydrogen-bond donors (Lipinski definition) is 3. The van der Waals surface area contributed by atoms with Crippen LogP contribution >= 0.6 is 15.9 Å². The zero-order valence-corrected chi connectivity index (χ0v) is 10.3. The van der Waals surface area contributed by atoms with E-state index in [0.29, 0.717) is 0 Å².